The van der Waals surface area contributed by atoms with Gasteiger partial charge in [0.2, 0.25) is 5.82 Å². The Morgan fingerprint density at radius 2 is 2.07 bits per heavy atom. The number of nitrogens with one attached hydrogen (secondary N) is 1. The van der Waals surface area contributed by atoms with Gasteiger partial charge in [-0.05, 0) is 54.9 Å². The van der Waals surface area contributed by atoms with E-state index in [1.165, 1.54) is 28.1 Å². The van der Waals surface area contributed by atoms with Crippen molar-refractivity contribution in [2.45, 2.75) is 31.1 Å². The van der Waals surface area contributed by atoms with Crippen LogP contribution in [0.3, 0.4) is 0 Å². The first-order valence-corrected chi connectivity index (χ1v) is 9.58. The van der Waals surface area contributed by atoms with Gasteiger partial charge in [-0.15, -0.1) is 0 Å². The molecule has 1 N–H and O–H groups in total. The number of hydrogen-bond donors (Lipinski definition) is 1. The van der Waals surface area contributed by atoms with Gasteiger partial charge in [-0.2, -0.15) is 0 Å². The molecule has 142 valence electrons. The molecule has 0 bridgehead atoms. The molecule has 1 aromatic carbocycles. The summed E-state index contributed by atoms with van der Waals surface area (Å²) in [5.41, 5.74) is 2.25. The zero-order valence-corrected chi connectivity index (χ0v) is 15.3. The van der Waals surface area contributed by atoms with E-state index in [-0.39, 0.29) is 11.2 Å². The van der Waals surface area contributed by atoms with E-state index in [0.717, 1.165) is 19.3 Å². The van der Waals surface area contributed by atoms with Crippen molar-refractivity contribution in [1.82, 2.24) is 9.38 Å². The van der Waals surface area contributed by atoms with Crippen molar-refractivity contribution in [2.24, 2.45) is 5.92 Å². The van der Waals surface area contributed by atoms with Crippen LogP contribution in [-0.2, 0) is 11.8 Å². The van der Waals surface area contributed by atoms with E-state index in [4.69, 9.17) is 0 Å². The molecule has 0 radical (unpaired) electrons. The summed E-state index contributed by atoms with van der Waals surface area (Å²) < 4.78 is 1.21. The number of hydrogen-bond acceptors (Lipinski definition) is 5. The standard InChI is InChI=1S/C21H20N4O3/c26-20-18(25(27)28)19(23-17-9-3-4-11-24(17)20)22-13-15-12-21(15)10-5-7-14-6-1-2-8-16(14)21/h1-4,6,8-9,11,15,22H,5,7,10,12-13H2. The second kappa shape index (κ2) is 6.15. The van der Waals surface area contributed by atoms with Crippen LogP contribution in [0, 0.1) is 16.0 Å². The molecule has 2 unspecified atom stereocenters. The lowest BCUT2D eigenvalue weighted by atomic mass is 9.78. The summed E-state index contributed by atoms with van der Waals surface area (Å²) in [6.07, 6.45) is 6.00. The highest BCUT2D eigenvalue weighted by Crippen LogP contribution is 2.60. The minimum Gasteiger partial charge on any atom is -0.364 e. The van der Waals surface area contributed by atoms with Gasteiger partial charge in [-0.25, -0.2) is 4.98 Å². The molecule has 1 saturated carbocycles. The molecule has 5 rings (SSSR count). The van der Waals surface area contributed by atoms with Crippen LogP contribution < -0.4 is 10.9 Å². The monoisotopic (exact) mass is 376 g/mol. The van der Waals surface area contributed by atoms with E-state index in [9.17, 15) is 14.9 Å². The Labute approximate surface area is 161 Å². The Hall–Kier alpha value is -3.22. The molecule has 0 amide bonds. The first-order valence-electron chi connectivity index (χ1n) is 9.58. The van der Waals surface area contributed by atoms with Crippen LogP contribution in [0.4, 0.5) is 11.5 Å². The highest BCUT2D eigenvalue weighted by Gasteiger charge is 2.56. The fourth-order valence-corrected chi connectivity index (χ4v) is 4.82. The Kier molecular flexibility index (Phi) is 3.72. The molecule has 2 aromatic heterocycles. The van der Waals surface area contributed by atoms with Gasteiger partial charge in [0.05, 0.1) is 4.92 Å². The lowest BCUT2D eigenvalue weighted by Gasteiger charge is -2.26. The van der Waals surface area contributed by atoms with Gasteiger partial charge in [0.1, 0.15) is 5.65 Å². The lowest BCUT2D eigenvalue weighted by molar-refractivity contribution is -0.385. The molecule has 2 heterocycles. The van der Waals surface area contributed by atoms with Gasteiger partial charge in [-0.1, -0.05) is 30.3 Å². The third-order valence-electron chi connectivity index (χ3n) is 6.26. The molecule has 1 spiro atoms. The maximum Gasteiger partial charge on any atom is 0.376 e. The summed E-state index contributed by atoms with van der Waals surface area (Å²) >= 11 is 0. The zero-order valence-electron chi connectivity index (χ0n) is 15.3. The maximum atomic E-state index is 12.6. The van der Waals surface area contributed by atoms with Crippen LogP contribution in [0.15, 0.2) is 53.5 Å². The predicted octanol–water partition coefficient (Wildman–Crippen LogP) is 3.31. The van der Waals surface area contributed by atoms with Crippen LogP contribution in [0.5, 0.6) is 0 Å². The summed E-state index contributed by atoms with van der Waals surface area (Å²) in [6.45, 7) is 0.574. The quantitative estimate of drug-likeness (QED) is 0.557. The van der Waals surface area contributed by atoms with Crippen LogP contribution in [0.2, 0.25) is 0 Å². The third-order valence-corrected chi connectivity index (χ3v) is 6.26. The second-order valence-corrected chi connectivity index (χ2v) is 7.75. The van der Waals surface area contributed by atoms with E-state index in [2.05, 4.69) is 34.6 Å². The Morgan fingerprint density at radius 3 is 2.93 bits per heavy atom. The summed E-state index contributed by atoms with van der Waals surface area (Å²) in [6, 6.07) is 13.7. The second-order valence-electron chi connectivity index (χ2n) is 7.75. The Bertz CT molecular complexity index is 1160. The molecule has 0 aliphatic heterocycles. The smallest absolute Gasteiger partial charge is 0.364 e. The number of pyridine rings is 1. The molecular formula is C21H20N4O3. The molecule has 2 aliphatic carbocycles. The SMILES string of the molecule is O=c1c([N+](=O)[O-])c(NCC2CC23CCCc2ccccc23)nc2ccccn12. The molecule has 7 heteroatoms. The van der Waals surface area contributed by atoms with Gasteiger partial charge in [0.15, 0.2) is 0 Å². The maximum absolute atomic E-state index is 12.6. The summed E-state index contributed by atoms with van der Waals surface area (Å²) in [4.78, 5) is 27.8. The number of nitro groups is 1. The van der Waals surface area contributed by atoms with E-state index in [1.54, 1.807) is 18.2 Å². The van der Waals surface area contributed by atoms with Crippen molar-refractivity contribution in [1.29, 1.82) is 0 Å². The minimum absolute atomic E-state index is 0.0624. The molecular weight excluding hydrogens is 356 g/mol. The van der Waals surface area contributed by atoms with Crippen LogP contribution in [0.1, 0.15) is 30.4 Å². The number of anilines is 1. The van der Waals surface area contributed by atoms with Crippen molar-refractivity contribution in [2.75, 3.05) is 11.9 Å². The number of rotatable bonds is 4. The van der Waals surface area contributed by atoms with Crippen molar-refractivity contribution in [3.8, 4) is 0 Å². The highest BCUT2D eigenvalue weighted by molar-refractivity contribution is 5.60. The molecule has 2 atom stereocenters. The topological polar surface area (TPSA) is 89.5 Å². The molecule has 3 aromatic rings. The van der Waals surface area contributed by atoms with Gasteiger partial charge in [0.25, 0.3) is 0 Å². The fraction of sp³-hybridized carbons (Fsp3) is 0.333. The molecule has 1 fully saturated rings. The molecule has 0 saturated heterocycles. The van der Waals surface area contributed by atoms with E-state index >= 15 is 0 Å². The minimum atomic E-state index is -0.661. The number of nitrogens with zero attached hydrogens (tertiary/aromatic N) is 3. The average Bonchev–Trinajstić information content (AvgIpc) is 3.39. The molecule has 2 aliphatic rings. The van der Waals surface area contributed by atoms with Crippen LogP contribution in [0.25, 0.3) is 5.65 Å². The van der Waals surface area contributed by atoms with Crippen LogP contribution in [-0.4, -0.2) is 20.9 Å². The van der Waals surface area contributed by atoms with Gasteiger partial charge in [-0.3, -0.25) is 19.3 Å². The van der Waals surface area contributed by atoms with Crippen molar-refractivity contribution >= 4 is 17.2 Å². The summed E-state index contributed by atoms with van der Waals surface area (Å²) in [5.74, 6) is 0.455. The number of benzene rings is 1. The van der Waals surface area contributed by atoms with Crippen molar-refractivity contribution in [3.05, 3.63) is 80.3 Å². The van der Waals surface area contributed by atoms with Gasteiger partial charge < -0.3 is 5.32 Å². The Morgan fingerprint density at radius 1 is 1.25 bits per heavy atom. The summed E-state index contributed by atoms with van der Waals surface area (Å²) in [5, 5.41) is 14.6. The zero-order chi connectivity index (χ0) is 19.3. The predicted molar refractivity (Wildman–Crippen MR) is 106 cm³/mol. The molecule has 28 heavy (non-hydrogen) atoms. The summed E-state index contributed by atoms with van der Waals surface area (Å²) in [7, 11) is 0. The third kappa shape index (κ3) is 2.50. The van der Waals surface area contributed by atoms with E-state index < -0.39 is 16.2 Å². The Balaban J connectivity index is 1.45. The fourth-order valence-electron chi connectivity index (χ4n) is 4.82. The van der Waals surface area contributed by atoms with Gasteiger partial charge in [0, 0.05) is 18.2 Å². The van der Waals surface area contributed by atoms with Crippen molar-refractivity contribution in [3.63, 3.8) is 0 Å². The first kappa shape index (κ1) is 16.9. The largest absolute Gasteiger partial charge is 0.376 e. The van der Waals surface area contributed by atoms with E-state index in [1.807, 2.05) is 0 Å². The molecule has 7 nitrogen and oxygen atoms in total. The number of aromatic nitrogens is 2. The van der Waals surface area contributed by atoms with Crippen LogP contribution >= 0.6 is 0 Å². The lowest BCUT2D eigenvalue weighted by Crippen LogP contribution is -2.24. The number of fused-ring (bicyclic) bond motifs is 3. The normalized spacial score (nSPS) is 22.8. The van der Waals surface area contributed by atoms with E-state index in [0.29, 0.717) is 18.1 Å². The van der Waals surface area contributed by atoms with Gasteiger partial charge >= 0.3 is 11.2 Å². The number of aryl methyl sites for hydroxylation is 1. The first-order chi connectivity index (χ1) is 13.6. The highest BCUT2D eigenvalue weighted by atomic mass is 16.6. The van der Waals surface area contributed by atoms with Crippen molar-refractivity contribution < 1.29 is 4.92 Å². The average molecular weight is 376 g/mol.